The maximum Gasteiger partial charge on any atom is 0.303 e. The molecule has 0 heterocycles. The summed E-state index contributed by atoms with van der Waals surface area (Å²) in [6, 6.07) is 0. The Hall–Kier alpha value is -2.49. The Kier molecular flexibility index (Phi) is 18.5. The van der Waals surface area contributed by atoms with Crippen LogP contribution in [0.1, 0.15) is 64.7 Å². The Morgan fingerprint density at radius 3 is 2.53 bits per heavy atom. The molecular weight excluding hydrogens is 436 g/mol. The number of aliphatic hydroxyl groups excluding tert-OH is 2. The molecule has 0 aliphatic heterocycles. The molecule has 9 N–H and O–H groups in total. The van der Waals surface area contributed by atoms with Crippen LogP contribution in [0.25, 0.3) is 0 Å². The van der Waals surface area contributed by atoms with E-state index in [1.54, 1.807) is 12.2 Å². The first-order valence-corrected chi connectivity index (χ1v) is 12.1. The quantitative estimate of drug-likeness (QED) is 0.0889. The lowest BCUT2D eigenvalue weighted by Crippen LogP contribution is -2.23. The molecule has 0 radical (unpaired) electrons. The van der Waals surface area contributed by atoms with Crippen LogP contribution in [-0.2, 0) is 9.59 Å². The van der Waals surface area contributed by atoms with Gasteiger partial charge in [0.2, 0.25) is 0 Å². The van der Waals surface area contributed by atoms with Crippen molar-refractivity contribution < 1.29 is 24.9 Å². The second-order valence-electron chi connectivity index (χ2n) is 8.28. The highest BCUT2D eigenvalue weighted by Crippen LogP contribution is 2.33. The minimum Gasteiger partial charge on any atom is -0.481 e. The number of aliphatic imine (C=N–C) groups is 1. The third-order valence-corrected chi connectivity index (χ3v) is 5.29. The third kappa shape index (κ3) is 16.2. The number of carbonyl (C=O) groups is 2. The van der Waals surface area contributed by atoms with Crippen LogP contribution in [0.5, 0.6) is 0 Å². The van der Waals surface area contributed by atoms with Gasteiger partial charge < -0.3 is 32.5 Å². The number of hydrogen-bond acceptors (Lipinski definition) is 6. The van der Waals surface area contributed by atoms with Crippen LogP contribution < -0.4 is 17.2 Å². The average Bonchev–Trinajstić information content (AvgIpc) is 3.04. The smallest absolute Gasteiger partial charge is 0.303 e. The Morgan fingerprint density at radius 1 is 1.18 bits per heavy atom. The first-order valence-electron chi connectivity index (χ1n) is 12.1. The summed E-state index contributed by atoms with van der Waals surface area (Å²) in [4.78, 5) is 26.3. The van der Waals surface area contributed by atoms with E-state index in [4.69, 9.17) is 22.3 Å². The summed E-state index contributed by atoms with van der Waals surface area (Å²) in [5, 5.41) is 28.6. The van der Waals surface area contributed by atoms with Crippen molar-refractivity contribution in [2.24, 2.45) is 34.0 Å². The molecule has 1 fully saturated rings. The molecule has 1 aliphatic carbocycles. The van der Waals surface area contributed by atoms with Gasteiger partial charge in [0.05, 0.1) is 12.2 Å². The average molecular weight is 481 g/mol. The van der Waals surface area contributed by atoms with Crippen LogP contribution >= 0.6 is 0 Å². The molecule has 1 aliphatic rings. The van der Waals surface area contributed by atoms with Crippen molar-refractivity contribution >= 4 is 17.7 Å². The molecule has 4 atom stereocenters. The summed E-state index contributed by atoms with van der Waals surface area (Å²) in [5.41, 5.74) is 15.4. The van der Waals surface area contributed by atoms with Gasteiger partial charge in [-0.1, -0.05) is 43.4 Å². The van der Waals surface area contributed by atoms with Crippen LogP contribution in [-0.4, -0.2) is 58.3 Å². The Labute approximate surface area is 203 Å². The van der Waals surface area contributed by atoms with Crippen molar-refractivity contribution in [1.82, 2.24) is 0 Å². The van der Waals surface area contributed by atoms with E-state index in [2.05, 4.69) is 4.99 Å². The number of nitrogens with zero attached hydrogens (tertiary/aromatic N) is 1. The standard InChI is InChI=1S/C20H30O5.C5H14N4/c1-2-3-6-9-15(21)12-13-17-16(18(22)14-19(17)23)10-7-4-5-8-11-20(24)25;6-3-1-2-4-9-5(7)8/h3-4,6-7,12-13,15-17,19,21,23H,2,5,8-11,14H2,1H3,(H,24,25);1-4,6H2,(H4,7,8,9)/b6-3-,7-4-,13-12+;/t15-,16+,17+,19+;/m0./s1. The molecule has 1 saturated carbocycles. The highest BCUT2D eigenvalue weighted by Gasteiger charge is 2.39. The Morgan fingerprint density at radius 2 is 1.91 bits per heavy atom. The molecular formula is C25H44N4O5. The lowest BCUT2D eigenvalue weighted by molar-refractivity contribution is -0.137. The van der Waals surface area contributed by atoms with Gasteiger partial charge in [-0.25, -0.2) is 0 Å². The van der Waals surface area contributed by atoms with E-state index < -0.39 is 18.2 Å². The lowest BCUT2D eigenvalue weighted by atomic mass is 9.90. The van der Waals surface area contributed by atoms with Gasteiger partial charge in [0.25, 0.3) is 0 Å². The van der Waals surface area contributed by atoms with E-state index in [1.165, 1.54) is 0 Å². The first kappa shape index (κ1) is 31.5. The molecule has 0 aromatic carbocycles. The van der Waals surface area contributed by atoms with Crippen LogP contribution in [0, 0.1) is 11.8 Å². The number of carbonyl (C=O) groups excluding carboxylic acids is 1. The minimum absolute atomic E-state index is 0.0395. The van der Waals surface area contributed by atoms with Crippen molar-refractivity contribution in [2.45, 2.75) is 76.9 Å². The van der Waals surface area contributed by atoms with Crippen molar-refractivity contribution in [3.8, 4) is 0 Å². The fourth-order valence-electron chi connectivity index (χ4n) is 3.46. The van der Waals surface area contributed by atoms with Crippen molar-refractivity contribution in [3.05, 3.63) is 36.5 Å². The van der Waals surface area contributed by atoms with E-state index in [0.29, 0.717) is 38.8 Å². The minimum atomic E-state index is -0.806. The molecule has 34 heavy (non-hydrogen) atoms. The number of carboxylic acids is 1. The maximum atomic E-state index is 12.1. The number of rotatable bonds is 15. The largest absolute Gasteiger partial charge is 0.481 e. The number of hydrogen-bond donors (Lipinski definition) is 6. The van der Waals surface area contributed by atoms with Crippen molar-refractivity contribution in [3.63, 3.8) is 0 Å². The normalized spacial score (nSPS) is 21.2. The molecule has 0 bridgehead atoms. The second-order valence-corrected chi connectivity index (χ2v) is 8.28. The van der Waals surface area contributed by atoms with Gasteiger partial charge in [0.1, 0.15) is 5.78 Å². The van der Waals surface area contributed by atoms with Crippen molar-refractivity contribution in [1.29, 1.82) is 0 Å². The van der Waals surface area contributed by atoms with Crippen molar-refractivity contribution in [2.75, 3.05) is 13.1 Å². The van der Waals surface area contributed by atoms with Crippen LogP contribution in [0.15, 0.2) is 41.4 Å². The molecule has 9 nitrogen and oxygen atoms in total. The molecule has 0 saturated heterocycles. The lowest BCUT2D eigenvalue weighted by Gasteiger charge is -2.16. The molecule has 1 rings (SSSR count). The molecule has 0 amide bonds. The number of nitrogens with two attached hydrogens (primary N) is 3. The summed E-state index contributed by atoms with van der Waals surface area (Å²) in [5.74, 6) is -1.16. The van der Waals surface area contributed by atoms with Crippen LogP contribution in [0.4, 0.5) is 0 Å². The van der Waals surface area contributed by atoms with Gasteiger partial charge in [-0.15, -0.1) is 0 Å². The molecule has 0 aromatic rings. The maximum absolute atomic E-state index is 12.1. The molecule has 0 aromatic heterocycles. The van der Waals surface area contributed by atoms with Crippen LogP contribution in [0.2, 0.25) is 0 Å². The van der Waals surface area contributed by atoms with Gasteiger partial charge >= 0.3 is 5.97 Å². The second kappa shape index (κ2) is 19.9. The third-order valence-electron chi connectivity index (χ3n) is 5.29. The Balaban J connectivity index is 0.00000102. The van der Waals surface area contributed by atoms with Gasteiger partial charge in [0, 0.05) is 31.2 Å². The fourth-order valence-corrected chi connectivity index (χ4v) is 3.46. The zero-order valence-electron chi connectivity index (χ0n) is 20.4. The molecule has 0 unspecified atom stereocenters. The van der Waals surface area contributed by atoms with E-state index in [1.807, 2.05) is 31.2 Å². The number of carboxylic acid groups (broad SMARTS) is 1. The monoisotopic (exact) mass is 480 g/mol. The predicted octanol–water partition coefficient (Wildman–Crippen LogP) is 2.03. The number of unbranched alkanes of at least 4 members (excludes halogenated alkanes) is 2. The summed E-state index contributed by atoms with van der Waals surface area (Å²) in [6.45, 7) is 3.43. The zero-order valence-corrected chi connectivity index (χ0v) is 20.4. The van der Waals surface area contributed by atoms with Crippen LogP contribution in [0.3, 0.4) is 0 Å². The molecule has 194 valence electrons. The van der Waals surface area contributed by atoms with E-state index in [0.717, 1.165) is 19.3 Å². The number of aliphatic carboxylic acids is 1. The van der Waals surface area contributed by atoms with Gasteiger partial charge in [0.15, 0.2) is 5.96 Å². The summed E-state index contributed by atoms with van der Waals surface area (Å²) >= 11 is 0. The SMILES string of the molecule is CC/C=C\C[C@H](O)/C=C/[C@H]1[C@H](O)CC(=O)[C@@H]1C/C=C\CCCC(=O)O.NCCCCN=C(N)N. The van der Waals surface area contributed by atoms with E-state index >= 15 is 0 Å². The summed E-state index contributed by atoms with van der Waals surface area (Å²) in [6.07, 6.45) is 15.3. The van der Waals surface area contributed by atoms with Gasteiger partial charge in [-0.05, 0) is 51.5 Å². The molecule has 9 heteroatoms. The topological polar surface area (TPSA) is 185 Å². The number of guanidine groups is 1. The highest BCUT2D eigenvalue weighted by atomic mass is 16.4. The van der Waals surface area contributed by atoms with E-state index in [9.17, 15) is 19.8 Å². The first-order chi connectivity index (χ1) is 16.2. The fraction of sp³-hybridized carbons (Fsp3) is 0.640. The van der Waals surface area contributed by atoms with Gasteiger partial charge in [-0.3, -0.25) is 14.6 Å². The van der Waals surface area contributed by atoms with Gasteiger partial charge in [-0.2, -0.15) is 0 Å². The number of ketones is 1. The number of aliphatic hydroxyl groups is 2. The predicted molar refractivity (Wildman–Crippen MR) is 136 cm³/mol. The van der Waals surface area contributed by atoms with E-state index in [-0.39, 0.29) is 36.4 Å². The number of Topliss-reactive ketones (excluding diaryl/α,β-unsaturated/α-hetero) is 1. The highest BCUT2D eigenvalue weighted by molar-refractivity contribution is 5.84. The number of allylic oxidation sites excluding steroid dienone is 3. The molecule has 0 spiro atoms. The summed E-state index contributed by atoms with van der Waals surface area (Å²) < 4.78 is 0. The Bertz CT molecular complexity index is 687. The zero-order chi connectivity index (χ0) is 25.8. The summed E-state index contributed by atoms with van der Waals surface area (Å²) in [7, 11) is 0.